The Morgan fingerprint density at radius 3 is 2.26 bits per heavy atom. The molecule has 1 aromatic heterocycles. The first-order valence-corrected chi connectivity index (χ1v) is 8.97. The Labute approximate surface area is 162 Å². The van der Waals surface area contributed by atoms with E-state index in [0.717, 1.165) is 0 Å². The molecule has 0 aliphatic heterocycles. The van der Waals surface area contributed by atoms with Crippen LogP contribution in [0, 0.1) is 0 Å². The molecule has 0 spiro atoms. The van der Waals surface area contributed by atoms with Gasteiger partial charge >= 0.3 is 0 Å². The van der Waals surface area contributed by atoms with Gasteiger partial charge in [-0.05, 0) is 38.1 Å². The van der Waals surface area contributed by atoms with Crippen LogP contribution in [0.2, 0.25) is 5.02 Å². The van der Waals surface area contributed by atoms with Gasteiger partial charge in [-0.1, -0.05) is 11.6 Å². The third-order valence-electron chi connectivity index (χ3n) is 3.82. The maximum absolute atomic E-state index is 12.3. The number of benzene rings is 1. The van der Waals surface area contributed by atoms with Crippen molar-refractivity contribution in [1.82, 2.24) is 20.6 Å². The first-order chi connectivity index (χ1) is 13.0. The molecule has 2 aromatic rings. The molecular weight excluding hydrogens is 370 g/mol. The summed E-state index contributed by atoms with van der Waals surface area (Å²) in [7, 11) is 0. The van der Waals surface area contributed by atoms with Crippen LogP contribution in [0.4, 0.5) is 5.95 Å². The van der Waals surface area contributed by atoms with Gasteiger partial charge in [0.1, 0.15) is 5.75 Å². The number of phenols is 1. The summed E-state index contributed by atoms with van der Waals surface area (Å²) in [5, 5.41) is 14.7. The Kier molecular flexibility index (Phi) is 7.36. The highest BCUT2D eigenvalue weighted by Gasteiger charge is 2.16. The topological polar surface area (TPSA) is 107 Å². The van der Waals surface area contributed by atoms with Gasteiger partial charge in [0, 0.05) is 31.7 Å². The fourth-order valence-corrected chi connectivity index (χ4v) is 2.50. The van der Waals surface area contributed by atoms with E-state index >= 15 is 0 Å². The van der Waals surface area contributed by atoms with Crippen molar-refractivity contribution in [3.05, 3.63) is 46.7 Å². The lowest BCUT2D eigenvalue weighted by atomic mass is 10.2. The zero-order valence-corrected chi connectivity index (χ0v) is 16.0. The van der Waals surface area contributed by atoms with Gasteiger partial charge in [0.2, 0.25) is 5.95 Å². The maximum Gasteiger partial charge on any atom is 0.271 e. The minimum absolute atomic E-state index is 0.0876. The van der Waals surface area contributed by atoms with Crippen LogP contribution in [0.15, 0.2) is 30.5 Å². The molecule has 27 heavy (non-hydrogen) atoms. The standard InChI is InChI=1S/C18H22ClN5O3/c1-3-24(4-2)18-22-11-14(19)15(23-18)17(27)21-10-9-20-16(26)12-5-7-13(25)8-6-12/h5-8,11,25H,3-4,9-10H2,1-2H3,(H,20,26)(H,21,27). The number of aromatic hydroxyl groups is 1. The van der Waals surface area contributed by atoms with Crippen LogP contribution in [0.25, 0.3) is 0 Å². The lowest BCUT2D eigenvalue weighted by Gasteiger charge is -2.19. The average Bonchev–Trinajstić information content (AvgIpc) is 2.67. The summed E-state index contributed by atoms with van der Waals surface area (Å²) in [6.07, 6.45) is 1.41. The minimum Gasteiger partial charge on any atom is -0.508 e. The molecule has 0 fully saturated rings. The number of carbonyl (C=O) groups is 2. The fraction of sp³-hybridized carbons (Fsp3) is 0.333. The van der Waals surface area contributed by atoms with Gasteiger partial charge in [0.05, 0.1) is 11.2 Å². The molecule has 1 aromatic carbocycles. The first kappa shape index (κ1) is 20.4. The lowest BCUT2D eigenvalue weighted by molar-refractivity contribution is 0.0925. The zero-order valence-electron chi connectivity index (χ0n) is 15.2. The Balaban J connectivity index is 1.89. The maximum atomic E-state index is 12.3. The number of nitrogens with zero attached hydrogens (tertiary/aromatic N) is 3. The lowest BCUT2D eigenvalue weighted by Crippen LogP contribution is -2.35. The Morgan fingerprint density at radius 2 is 1.67 bits per heavy atom. The van der Waals surface area contributed by atoms with E-state index < -0.39 is 5.91 Å². The molecule has 1 heterocycles. The molecule has 0 atom stereocenters. The van der Waals surface area contributed by atoms with Crippen LogP contribution >= 0.6 is 11.6 Å². The number of amides is 2. The molecule has 0 unspecified atom stereocenters. The van der Waals surface area contributed by atoms with Crippen LogP contribution in [0.3, 0.4) is 0 Å². The van der Waals surface area contributed by atoms with E-state index in [0.29, 0.717) is 24.6 Å². The highest BCUT2D eigenvalue weighted by molar-refractivity contribution is 6.33. The first-order valence-electron chi connectivity index (χ1n) is 8.59. The number of hydrogen-bond acceptors (Lipinski definition) is 6. The van der Waals surface area contributed by atoms with Crippen LogP contribution in [-0.2, 0) is 0 Å². The molecule has 8 nitrogen and oxygen atoms in total. The average molecular weight is 392 g/mol. The number of nitrogens with one attached hydrogen (secondary N) is 2. The molecule has 0 radical (unpaired) electrons. The van der Waals surface area contributed by atoms with E-state index in [2.05, 4.69) is 20.6 Å². The second kappa shape index (κ2) is 9.72. The molecule has 0 saturated heterocycles. The van der Waals surface area contributed by atoms with Crippen LogP contribution in [0.5, 0.6) is 5.75 Å². The largest absolute Gasteiger partial charge is 0.508 e. The van der Waals surface area contributed by atoms with Crippen molar-refractivity contribution < 1.29 is 14.7 Å². The van der Waals surface area contributed by atoms with Crippen molar-refractivity contribution in [1.29, 1.82) is 0 Å². The van der Waals surface area contributed by atoms with Crippen LogP contribution in [-0.4, -0.2) is 53.1 Å². The second-order valence-corrected chi connectivity index (χ2v) is 6.00. The van der Waals surface area contributed by atoms with E-state index in [1.807, 2.05) is 18.7 Å². The van der Waals surface area contributed by atoms with E-state index in [9.17, 15) is 14.7 Å². The van der Waals surface area contributed by atoms with Gasteiger partial charge in [-0.2, -0.15) is 0 Å². The SMILES string of the molecule is CCN(CC)c1ncc(Cl)c(C(=O)NCCNC(=O)c2ccc(O)cc2)n1. The third-order valence-corrected chi connectivity index (χ3v) is 4.09. The number of aromatic nitrogens is 2. The summed E-state index contributed by atoms with van der Waals surface area (Å²) in [4.78, 5) is 34.6. The summed E-state index contributed by atoms with van der Waals surface area (Å²) < 4.78 is 0. The van der Waals surface area contributed by atoms with Crippen molar-refractivity contribution >= 4 is 29.4 Å². The van der Waals surface area contributed by atoms with Crippen LogP contribution < -0.4 is 15.5 Å². The number of anilines is 1. The van der Waals surface area contributed by atoms with E-state index in [4.69, 9.17) is 11.6 Å². The summed E-state index contributed by atoms with van der Waals surface area (Å²) >= 11 is 6.04. The normalized spacial score (nSPS) is 10.3. The molecule has 0 bridgehead atoms. The highest BCUT2D eigenvalue weighted by Crippen LogP contribution is 2.16. The molecule has 3 N–H and O–H groups in total. The predicted octanol–water partition coefficient (Wildman–Crippen LogP) is 1.84. The van der Waals surface area contributed by atoms with Crippen molar-refractivity contribution in [2.75, 3.05) is 31.1 Å². The zero-order chi connectivity index (χ0) is 19.8. The van der Waals surface area contributed by atoms with Crippen LogP contribution in [0.1, 0.15) is 34.7 Å². The van der Waals surface area contributed by atoms with Crippen molar-refractivity contribution in [2.24, 2.45) is 0 Å². The summed E-state index contributed by atoms with van der Waals surface area (Å²) in [5.74, 6) is -0.206. The van der Waals surface area contributed by atoms with Gasteiger partial charge in [-0.3, -0.25) is 9.59 Å². The van der Waals surface area contributed by atoms with Gasteiger partial charge in [0.25, 0.3) is 11.8 Å². The van der Waals surface area contributed by atoms with Gasteiger partial charge in [-0.15, -0.1) is 0 Å². The quantitative estimate of drug-likeness (QED) is 0.593. The molecule has 0 aliphatic rings. The molecule has 2 rings (SSSR count). The Bertz CT molecular complexity index is 794. The molecule has 2 amide bonds. The predicted molar refractivity (Wildman–Crippen MR) is 103 cm³/mol. The number of phenolic OH excluding ortho intramolecular Hbond substituents is 1. The highest BCUT2D eigenvalue weighted by atomic mass is 35.5. The van der Waals surface area contributed by atoms with Crippen molar-refractivity contribution in [3.63, 3.8) is 0 Å². The number of halogens is 1. The number of carbonyl (C=O) groups excluding carboxylic acids is 2. The number of hydrogen-bond donors (Lipinski definition) is 3. The minimum atomic E-state index is -0.435. The molecule has 144 valence electrons. The summed E-state index contributed by atoms with van der Waals surface area (Å²) in [6.45, 7) is 5.81. The molecule has 0 saturated carbocycles. The van der Waals surface area contributed by atoms with Gasteiger partial charge < -0.3 is 20.6 Å². The second-order valence-electron chi connectivity index (χ2n) is 5.60. The molecule has 9 heteroatoms. The number of rotatable bonds is 8. The third kappa shape index (κ3) is 5.55. The summed E-state index contributed by atoms with van der Waals surface area (Å²) in [6, 6.07) is 5.89. The van der Waals surface area contributed by atoms with Crippen molar-refractivity contribution in [2.45, 2.75) is 13.8 Å². The van der Waals surface area contributed by atoms with E-state index in [1.165, 1.54) is 30.5 Å². The van der Waals surface area contributed by atoms with E-state index in [-0.39, 0.29) is 35.5 Å². The van der Waals surface area contributed by atoms with Gasteiger partial charge in [-0.25, -0.2) is 9.97 Å². The van der Waals surface area contributed by atoms with E-state index in [1.54, 1.807) is 0 Å². The van der Waals surface area contributed by atoms with Crippen molar-refractivity contribution in [3.8, 4) is 5.75 Å². The monoisotopic (exact) mass is 391 g/mol. The molecular formula is C18H22ClN5O3. The van der Waals surface area contributed by atoms with Gasteiger partial charge in [0.15, 0.2) is 5.69 Å². The molecule has 0 aliphatic carbocycles. The fourth-order valence-electron chi connectivity index (χ4n) is 2.33. The smallest absolute Gasteiger partial charge is 0.271 e. The Morgan fingerprint density at radius 1 is 1.07 bits per heavy atom. The Hall–Kier alpha value is -2.87. The summed E-state index contributed by atoms with van der Waals surface area (Å²) in [5.41, 5.74) is 0.514.